The van der Waals surface area contributed by atoms with Gasteiger partial charge in [-0.25, -0.2) is 0 Å². The number of hydrogen-bond donors (Lipinski definition) is 2. The van der Waals surface area contributed by atoms with Crippen LogP contribution in [-0.4, -0.2) is 41.3 Å². The fourth-order valence-corrected chi connectivity index (χ4v) is 1.65. The molecule has 0 aliphatic heterocycles. The van der Waals surface area contributed by atoms with Crippen LogP contribution in [0.4, 0.5) is 5.69 Å². The number of carbonyl (C=O) groups is 1. The van der Waals surface area contributed by atoms with E-state index in [0.717, 1.165) is 24.4 Å². The van der Waals surface area contributed by atoms with Gasteiger partial charge >= 0.3 is 0 Å². The van der Waals surface area contributed by atoms with Crippen LogP contribution in [0.2, 0.25) is 0 Å². The third-order valence-corrected chi connectivity index (χ3v) is 2.77. The van der Waals surface area contributed by atoms with Crippen molar-refractivity contribution in [3.63, 3.8) is 0 Å². The molecule has 0 saturated carbocycles. The molecule has 1 aromatic rings. The summed E-state index contributed by atoms with van der Waals surface area (Å²) in [4.78, 5) is 11.1. The summed E-state index contributed by atoms with van der Waals surface area (Å²) < 4.78 is 1.62. The van der Waals surface area contributed by atoms with Gasteiger partial charge in [0, 0.05) is 19.8 Å². The zero-order valence-electron chi connectivity index (χ0n) is 9.69. The molecule has 1 aromatic heterocycles. The van der Waals surface area contributed by atoms with Gasteiger partial charge in [-0.3, -0.25) is 9.48 Å². The van der Waals surface area contributed by atoms with E-state index in [9.17, 15) is 4.79 Å². The summed E-state index contributed by atoms with van der Waals surface area (Å²) in [6.07, 6.45) is 6.81. The number of aromatic nitrogens is 2. The highest BCUT2D eigenvalue weighted by Gasteiger charge is 2.01. The van der Waals surface area contributed by atoms with Crippen LogP contribution in [0.25, 0.3) is 0 Å². The lowest BCUT2D eigenvalue weighted by Gasteiger charge is -2.01. The molecule has 6 heteroatoms. The van der Waals surface area contributed by atoms with Crippen molar-refractivity contribution >= 4 is 23.4 Å². The Bertz CT molecular complexity index is 326. The standard InChI is InChI=1S/C10H18N4OS/c1-11-10(15)8-14-7-9(6-13-14)12-4-3-5-16-2/h6-7,12H,3-5,8H2,1-2H3,(H,11,15). The number of carbonyl (C=O) groups excluding carboxylic acids is 1. The van der Waals surface area contributed by atoms with Gasteiger partial charge in [0.2, 0.25) is 5.91 Å². The van der Waals surface area contributed by atoms with E-state index in [1.165, 1.54) is 0 Å². The van der Waals surface area contributed by atoms with Crippen LogP contribution in [0.1, 0.15) is 6.42 Å². The van der Waals surface area contributed by atoms with Crippen molar-refractivity contribution in [2.45, 2.75) is 13.0 Å². The van der Waals surface area contributed by atoms with Crippen molar-refractivity contribution in [1.29, 1.82) is 0 Å². The minimum Gasteiger partial charge on any atom is -0.382 e. The Labute approximate surface area is 100.0 Å². The summed E-state index contributed by atoms with van der Waals surface area (Å²) in [5.74, 6) is 1.11. The lowest BCUT2D eigenvalue weighted by atomic mass is 10.4. The maximum absolute atomic E-state index is 11.1. The molecule has 0 saturated heterocycles. The highest BCUT2D eigenvalue weighted by Crippen LogP contribution is 2.05. The van der Waals surface area contributed by atoms with Gasteiger partial charge in [0.1, 0.15) is 6.54 Å². The molecule has 0 radical (unpaired) electrons. The van der Waals surface area contributed by atoms with E-state index in [4.69, 9.17) is 0 Å². The number of nitrogens with one attached hydrogen (secondary N) is 2. The van der Waals surface area contributed by atoms with Crippen LogP contribution in [0, 0.1) is 0 Å². The summed E-state index contributed by atoms with van der Waals surface area (Å²) in [7, 11) is 1.62. The zero-order valence-corrected chi connectivity index (χ0v) is 10.5. The van der Waals surface area contributed by atoms with E-state index in [1.807, 2.05) is 18.0 Å². The molecule has 2 N–H and O–H groups in total. The van der Waals surface area contributed by atoms with Crippen molar-refractivity contribution in [2.24, 2.45) is 0 Å². The van der Waals surface area contributed by atoms with Gasteiger partial charge in [-0.15, -0.1) is 0 Å². The topological polar surface area (TPSA) is 59.0 Å². The second-order valence-corrected chi connectivity index (χ2v) is 4.36. The number of anilines is 1. The SMILES string of the molecule is CNC(=O)Cn1cc(NCCCSC)cn1. The van der Waals surface area contributed by atoms with Crippen LogP contribution in [0.5, 0.6) is 0 Å². The van der Waals surface area contributed by atoms with Gasteiger partial charge < -0.3 is 10.6 Å². The molecule has 0 atom stereocenters. The van der Waals surface area contributed by atoms with E-state index in [0.29, 0.717) is 0 Å². The number of amides is 1. The van der Waals surface area contributed by atoms with Crippen molar-refractivity contribution < 1.29 is 4.79 Å². The molecular formula is C10H18N4OS. The summed E-state index contributed by atoms with van der Waals surface area (Å²) in [6.45, 7) is 1.20. The average Bonchev–Trinajstić information content (AvgIpc) is 2.72. The van der Waals surface area contributed by atoms with Gasteiger partial charge in [0.25, 0.3) is 0 Å². The molecular weight excluding hydrogens is 224 g/mol. The number of nitrogens with zero attached hydrogens (tertiary/aromatic N) is 2. The number of rotatable bonds is 7. The summed E-state index contributed by atoms with van der Waals surface area (Å²) >= 11 is 1.84. The second kappa shape index (κ2) is 7.16. The van der Waals surface area contributed by atoms with Crippen molar-refractivity contribution in [1.82, 2.24) is 15.1 Å². The Morgan fingerprint density at radius 3 is 3.12 bits per heavy atom. The number of hydrogen-bond acceptors (Lipinski definition) is 4. The highest BCUT2D eigenvalue weighted by atomic mass is 32.2. The van der Waals surface area contributed by atoms with Crippen molar-refractivity contribution in [2.75, 3.05) is 30.9 Å². The maximum atomic E-state index is 11.1. The van der Waals surface area contributed by atoms with E-state index in [-0.39, 0.29) is 12.5 Å². The summed E-state index contributed by atoms with van der Waals surface area (Å²) in [6, 6.07) is 0. The predicted molar refractivity (Wildman–Crippen MR) is 67.8 cm³/mol. The molecule has 5 nitrogen and oxygen atoms in total. The zero-order chi connectivity index (χ0) is 11.8. The van der Waals surface area contributed by atoms with Gasteiger partial charge in [-0.2, -0.15) is 16.9 Å². The van der Waals surface area contributed by atoms with Crippen LogP contribution >= 0.6 is 11.8 Å². The van der Waals surface area contributed by atoms with Crippen LogP contribution < -0.4 is 10.6 Å². The molecule has 0 aromatic carbocycles. The van der Waals surface area contributed by atoms with Crippen molar-refractivity contribution in [3.05, 3.63) is 12.4 Å². The molecule has 1 amide bonds. The third kappa shape index (κ3) is 4.57. The van der Waals surface area contributed by atoms with Gasteiger partial charge in [0.15, 0.2) is 0 Å². The monoisotopic (exact) mass is 242 g/mol. The molecule has 0 aliphatic carbocycles. The van der Waals surface area contributed by atoms with E-state index in [1.54, 1.807) is 17.9 Å². The minimum atomic E-state index is -0.0444. The molecule has 0 aliphatic rings. The first-order valence-electron chi connectivity index (χ1n) is 5.22. The Morgan fingerprint density at radius 1 is 1.62 bits per heavy atom. The Hall–Kier alpha value is -1.17. The normalized spacial score (nSPS) is 10.1. The van der Waals surface area contributed by atoms with Crippen LogP contribution in [0.3, 0.4) is 0 Å². The first-order chi connectivity index (χ1) is 7.76. The molecule has 16 heavy (non-hydrogen) atoms. The second-order valence-electron chi connectivity index (χ2n) is 3.37. The number of likely N-dealkylation sites (N-methyl/N-ethyl adjacent to an activating group) is 1. The van der Waals surface area contributed by atoms with Gasteiger partial charge in [0.05, 0.1) is 11.9 Å². The summed E-state index contributed by atoms with van der Waals surface area (Å²) in [5.41, 5.74) is 0.963. The number of thioether (sulfide) groups is 1. The largest absolute Gasteiger partial charge is 0.382 e. The third-order valence-electron chi connectivity index (χ3n) is 2.07. The Kier molecular flexibility index (Phi) is 5.77. The van der Waals surface area contributed by atoms with Gasteiger partial charge in [-0.05, 0) is 18.4 Å². The minimum absolute atomic E-state index is 0.0444. The average molecular weight is 242 g/mol. The van der Waals surface area contributed by atoms with E-state index >= 15 is 0 Å². The fourth-order valence-electron chi connectivity index (χ4n) is 1.22. The molecule has 0 spiro atoms. The quantitative estimate of drug-likeness (QED) is 0.694. The fraction of sp³-hybridized carbons (Fsp3) is 0.600. The lowest BCUT2D eigenvalue weighted by molar-refractivity contribution is -0.121. The Morgan fingerprint density at radius 2 is 2.44 bits per heavy atom. The molecule has 1 rings (SSSR count). The molecule has 0 unspecified atom stereocenters. The first kappa shape index (κ1) is 12.9. The van der Waals surface area contributed by atoms with Crippen LogP contribution in [0.15, 0.2) is 12.4 Å². The molecule has 0 fully saturated rings. The maximum Gasteiger partial charge on any atom is 0.241 e. The predicted octanol–water partition coefficient (Wildman–Crippen LogP) is 0.794. The molecule has 1 heterocycles. The van der Waals surface area contributed by atoms with E-state index in [2.05, 4.69) is 22.0 Å². The van der Waals surface area contributed by atoms with E-state index < -0.39 is 0 Å². The molecule has 0 bridgehead atoms. The summed E-state index contributed by atoms with van der Waals surface area (Å²) in [5, 5.41) is 9.91. The van der Waals surface area contributed by atoms with Crippen LogP contribution in [-0.2, 0) is 11.3 Å². The van der Waals surface area contributed by atoms with Gasteiger partial charge in [-0.1, -0.05) is 0 Å². The van der Waals surface area contributed by atoms with Crippen molar-refractivity contribution in [3.8, 4) is 0 Å². The highest BCUT2D eigenvalue weighted by molar-refractivity contribution is 7.98. The molecule has 90 valence electrons. The first-order valence-corrected chi connectivity index (χ1v) is 6.61. The lowest BCUT2D eigenvalue weighted by Crippen LogP contribution is -2.23. The smallest absolute Gasteiger partial charge is 0.241 e. The Balaban J connectivity index is 2.30.